The van der Waals surface area contributed by atoms with E-state index in [1.807, 2.05) is 17.0 Å². The Morgan fingerprint density at radius 2 is 1.61 bits per heavy atom. The van der Waals surface area contributed by atoms with Crippen molar-refractivity contribution in [3.8, 4) is 0 Å². The number of aliphatic carboxylic acids is 1. The van der Waals surface area contributed by atoms with Gasteiger partial charge in [0.05, 0.1) is 6.20 Å². The zero-order valence-corrected chi connectivity index (χ0v) is 16.3. The van der Waals surface area contributed by atoms with Gasteiger partial charge in [-0.05, 0) is 29.5 Å². The molecule has 0 bridgehead atoms. The molecule has 0 radical (unpaired) electrons. The zero-order chi connectivity index (χ0) is 22.6. The number of hydrogen-bond acceptors (Lipinski definition) is 5. The molecule has 0 saturated carbocycles. The Morgan fingerprint density at radius 1 is 1.03 bits per heavy atom. The van der Waals surface area contributed by atoms with Gasteiger partial charge in [0.15, 0.2) is 0 Å². The standard InChI is InChI=1S/C18H19FN4O.C2HF3O2/c19-16-3-1-13(2-4-16)8-22-9-14-11-23(12-15(14)10-22)18(24)17-7-20-5-6-21-17;3-2(4,5)1(6)7/h1-7,14-15H,8-12H2;(H,6,7)/t14-,15+;. The Hall–Kier alpha value is -3.08. The van der Waals surface area contributed by atoms with Gasteiger partial charge in [0.1, 0.15) is 11.5 Å². The third-order valence-electron chi connectivity index (χ3n) is 5.19. The summed E-state index contributed by atoms with van der Waals surface area (Å²) in [6.07, 6.45) is -0.436. The van der Waals surface area contributed by atoms with Gasteiger partial charge >= 0.3 is 12.1 Å². The fraction of sp³-hybridized carbons (Fsp3) is 0.400. The number of likely N-dealkylation sites (tertiary alicyclic amines) is 2. The lowest BCUT2D eigenvalue weighted by Gasteiger charge is -2.21. The van der Waals surface area contributed by atoms with E-state index in [2.05, 4.69) is 14.9 Å². The van der Waals surface area contributed by atoms with E-state index < -0.39 is 12.1 Å². The van der Waals surface area contributed by atoms with Crippen molar-refractivity contribution in [3.05, 3.63) is 59.9 Å². The van der Waals surface area contributed by atoms with Crippen LogP contribution in [0.15, 0.2) is 42.9 Å². The maximum Gasteiger partial charge on any atom is 0.490 e. The Balaban J connectivity index is 0.000000339. The molecule has 31 heavy (non-hydrogen) atoms. The first kappa shape index (κ1) is 22.6. The highest BCUT2D eigenvalue weighted by Gasteiger charge is 2.41. The van der Waals surface area contributed by atoms with Crippen molar-refractivity contribution in [2.24, 2.45) is 11.8 Å². The summed E-state index contributed by atoms with van der Waals surface area (Å²) < 4.78 is 44.7. The van der Waals surface area contributed by atoms with Gasteiger partial charge in [0.25, 0.3) is 5.91 Å². The van der Waals surface area contributed by atoms with E-state index in [1.54, 1.807) is 12.4 Å². The normalized spacial score (nSPS) is 20.7. The van der Waals surface area contributed by atoms with Gasteiger partial charge < -0.3 is 10.0 Å². The number of alkyl halides is 3. The van der Waals surface area contributed by atoms with Crippen LogP contribution in [0.25, 0.3) is 0 Å². The summed E-state index contributed by atoms with van der Waals surface area (Å²) in [6.45, 7) is 4.35. The van der Waals surface area contributed by atoms with Crippen LogP contribution in [0, 0.1) is 17.7 Å². The van der Waals surface area contributed by atoms with Gasteiger partial charge in [-0.3, -0.25) is 14.7 Å². The van der Waals surface area contributed by atoms with Crippen LogP contribution in [0.4, 0.5) is 17.6 Å². The molecule has 7 nitrogen and oxygen atoms in total. The molecule has 2 atom stereocenters. The summed E-state index contributed by atoms with van der Waals surface area (Å²) >= 11 is 0. The second kappa shape index (κ2) is 9.38. The molecule has 1 amide bonds. The van der Waals surface area contributed by atoms with E-state index in [0.717, 1.165) is 38.3 Å². The number of fused-ring (bicyclic) bond motifs is 1. The van der Waals surface area contributed by atoms with Crippen LogP contribution < -0.4 is 0 Å². The average molecular weight is 440 g/mol. The molecule has 2 fully saturated rings. The number of carboxylic acid groups (broad SMARTS) is 1. The van der Waals surface area contributed by atoms with Gasteiger partial charge in [-0.25, -0.2) is 14.2 Å². The van der Waals surface area contributed by atoms with Crippen molar-refractivity contribution in [2.45, 2.75) is 12.7 Å². The van der Waals surface area contributed by atoms with Gasteiger partial charge in [0.2, 0.25) is 0 Å². The van der Waals surface area contributed by atoms with Crippen molar-refractivity contribution < 1.29 is 32.3 Å². The van der Waals surface area contributed by atoms with Crippen LogP contribution in [0.2, 0.25) is 0 Å². The van der Waals surface area contributed by atoms with E-state index >= 15 is 0 Å². The van der Waals surface area contributed by atoms with Crippen LogP contribution in [0.1, 0.15) is 16.1 Å². The molecular formula is C20H20F4N4O3. The molecule has 0 aliphatic carbocycles. The molecule has 1 N–H and O–H groups in total. The molecule has 166 valence electrons. The Kier molecular flexibility index (Phi) is 6.84. The number of amides is 1. The van der Waals surface area contributed by atoms with E-state index in [9.17, 15) is 22.4 Å². The van der Waals surface area contributed by atoms with E-state index in [4.69, 9.17) is 9.90 Å². The minimum Gasteiger partial charge on any atom is -0.475 e. The first-order chi connectivity index (χ1) is 14.6. The molecule has 1 aromatic carbocycles. The van der Waals surface area contributed by atoms with Crippen LogP contribution in [0.5, 0.6) is 0 Å². The second-order valence-electron chi connectivity index (χ2n) is 7.44. The molecule has 2 aliphatic heterocycles. The fourth-order valence-electron chi connectivity index (χ4n) is 3.80. The smallest absolute Gasteiger partial charge is 0.475 e. The van der Waals surface area contributed by atoms with Crippen molar-refractivity contribution in [2.75, 3.05) is 26.2 Å². The van der Waals surface area contributed by atoms with E-state index in [-0.39, 0.29) is 11.7 Å². The van der Waals surface area contributed by atoms with E-state index in [1.165, 1.54) is 18.3 Å². The number of rotatable bonds is 3. The summed E-state index contributed by atoms with van der Waals surface area (Å²) in [6, 6.07) is 6.70. The Morgan fingerprint density at radius 3 is 2.10 bits per heavy atom. The molecule has 0 spiro atoms. The summed E-state index contributed by atoms with van der Waals surface area (Å²) in [5.41, 5.74) is 1.55. The van der Waals surface area contributed by atoms with Gasteiger partial charge in [-0.15, -0.1) is 0 Å². The topological polar surface area (TPSA) is 86.6 Å². The van der Waals surface area contributed by atoms with Crippen molar-refractivity contribution >= 4 is 11.9 Å². The van der Waals surface area contributed by atoms with Crippen molar-refractivity contribution in [1.29, 1.82) is 0 Å². The third kappa shape index (κ3) is 5.97. The molecule has 11 heteroatoms. The van der Waals surface area contributed by atoms with E-state index in [0.29, 0.717) is 17.5 Å². The maximum atomic E-state index is 13.0. The Bertz CT molecular complexity index is 895. The van der Waals surface area contributed by atoms with Crippen LogP contribution in [-0.4, -0.2) is 69.1 Å². The number of carbonyl (C=O) groups excluding carboxylic acids is 1. The molecule has 4 rings (SSSR count). The SMILES string of the molecule is O=C(O)C(F)(F)F.O=C(c1cnccn1)N1C[C@H]2CN(Cc3ccc(F)cc3)C[C@H]2C1. The van der Waals surface area contributed by atoms with Crippen molar-refractivity contribution in [1.82, 2.24) is 19.8 Å². The molecule has 2 aliphatic rings. The minimum absolute atomic E-state index is 0.0254. The predicted octanol–water partition coefficient (Wildman–Crippen LogP) is 2.45. The zero-order valence-electron chi connectivity index (χ0n) is 16.3. The highest BCUT2D eigenvalue weighted by atomic mass is 19.4. The lowest BCUT2D eigenvalue weighted by atomic mass is 10.0. The lowest BCUT2D eigenvalue weighted by molar-refractivity contribution is -0.192. The van der Waals surface area contributed by atoms with Gasteiger partial charge in [-0.2, -0.15) is 13.2 Å². The number of carbonyl (C=O) groups is 2. The summed E-state index contributed by atoms with van der Waals surface area (Å²) in [5, 5.41) is 7.12. The Labute approximate surface area is 175 Å². The highest BCUT2D eigenvalue weighted by molar-refractivity contribution is 5.92. The quantitative estimate of drug-likeness (QED) is 0.738. The summed E-state index contributed by atoms with van der Waals surface area (Å²) in [7, 11) is 0. The lowest BCUT2D eigenvalue weighted by Crippen LogP contribution is -2.33. The highest BCUT2D eigenvalue weighted by Crippen LogP contribution is 2.32. The number of carboxylic acids is 1. The molecule has 1 aromatic heterocycles. The summed E-state index contributed by atoms with van der Waals surface area (Å²) in [5.74, 6) is -1.97. The number of halogens is 4. The molecule has 2 aromatic rings. The third-order valence-corrected chi connectivity index (χ3v) is 5.19. The van der Waals surface area contributed by atoms with Gasteiger partial charge in [0, 0.05) is 45.1 Å². The van der Waals surface area contributed by atoms with Crippen LogP contribution >= 0.6 is 0 Å². The van der Waals surface area contributed by atoms with Gasteiger partial charge in [-0.1, -0.05) is 12.1 Å². The number of hydrogen-bond donors (Lipinski definition) is 1. The first-order valence-corrected chi connectivity index (χ1v) is 9.45. The minimum atomic E-state index is -5.08. The second-order valence-corrected chi connectivity index (χ2v) is 7.44. The summed E-state index contributed by atoms with van der Waals surface area (Å²) in [4.78, 5) is 33.7. The number of aromatic nitrogens is 2. The number of nitrogens with zero attached hydrogens (tertiary/aromatic N) is 4. The van der Waals surface area contributed by atoms with Crippen molar-refractivity contribution in [3.63, 3.8) is 0 Å². The first-order valence-electron chi connectivity index (χ1n) is 9.45. The largest absolute Gasteiger partial charge is 0.490 e. The average Bonchev–Trinajstić information content (AvgIpc) is 3.28. The van der Waals surface area contributed by atoms with Crippen LogP contribution in [0.3, 0.4) is 0 Å². The molecule has 3 heterocycles. The fourth-order valence-corrected chi connectivity index (χ4v) is 3.80. The number of benzene rings is 1. The predicted molar refractivity (Wildman–Crippen MR) is 100 cm³/mol. The maximum absolute atomic E-state index is 13.0. The monoisotopic (exact) mass is 440 g/mol. The molecule has 0 unspecified atom stereocenters. The van der Waals surface area contributed by atoms with Crippen LogP contribution in [-0.2, 0) is 11.3 Å². The molecular weight excluding hydrogens is 420 g/mol. The molecule has 2 saturated heterocycles.